The second kappa shape index (κ2) is 9.36. The Morgan fingerprint density at radius 3 is 2.45 bits per heavy atom. The highest BCUT2D eigenvalue weighted by Gasteiger charge is 2.14. The highest BCUT2D eigenvalue weighted by atomic mass is 16.5. The van der Waals surface area contributed by atoms with Gasteiger partial charge in [-0.1, -0.05) is 30.3 Å². The number of amides is 1. The molecule has 3 aromatic carbocycles. The van der Waals surface area contributed by atoms with Crippen molar-refractivity contribution >= 4 is 28.9 Å². The van der Waals surface area contributed by atoms with Gasteiger partial charge in [0.1, 0.15) is 11.5 Å². The number of hydrogen-bond acceptors (Lipinski definition) is 5. The molecule has 1 unspecified atom stereocenters. The van der Waals surface area contributed by atoms with Gasteiger partial charge in [-0.15, -0.1) is 0 Å². The predicted molar refractivity (Wildman–Crippen MR) is 109 cm³/mol. The van der Waals surface area contributed by atoms with Crippen molar-refractivity contribution in [3.63, 3.8) is 0 Å². The molecule has 7 nitrogen and oxygen atoms in total. The van der Waals surface area contributed by atoms with E-state index in [9.17, 15) is 9.59 Å². The summed E-state index contributed by atoms with van der Waals surface area (Å²) >= 11 is 0. The first kappa shape index (κ1) is 19.9. The fourth-order valence-electron chi connectivity index (χ4n) is 2.55. The number of carboxylic acids is 1. The third-order valence-electron chi connectivity index (χ3n) is 4.03. The molecule has 0 saturated heterocycles. The molecular weight excluding hydrogens is 372 g/mol. The van der Waals surface area contributed by atoms with Crippen molar-refractivity contribution in [1.82, 2.24) is 5.43 Å². The number of benzene rings is 3. The van der Waals surface area contributed by atoms with Gasteiger partial charge in [-0.2, -0.15) is 5.10 Å². The molecule has 1 atom stereocenters. The lowest BCUT2D eigenvalue weighted by atomic mass is 10.1. The average Bonchev–Trinajstić information content (AvgIpc) is 2.73. The van der Waals surface area contributed by atoms with E-state index in [1.54, 1.807) is 31.2 Å². The molecule has 7 heteroatoms. The number of aliphatic carboxylic acids is 1. The number of nitrogens with one attached hydrogen (secondary N) is 1. The number of carboxylic acid groups (broad SMARTS) is 1. The van der Waals surface area contributed by atoms with Crippen molar-refractivity contribution in [2.75, 3.05) is 6.61 Å². The fraction of sp³-hybridized carbons (Fsp3) is 0.136. The van der Waals surface area contributed by atoms with Crippen LogP contribution in [0, 0.1) is 0 Å². The van der Waals surface area contributed by atoms with Gasteiger partial charge in [0, 0.05) is 0 Å². The molecule has 0 fully saturated rings. The topological polar surface area (TPSA) is 97.2 Å². The first-order chi connectivity index (χ1) is 14.0. The van der Waals surface area contributed by atoms with Crippen LogP contribution in [0.5, 0.6) is 11.5 Å². The number of ether oxygens (including phenoxy) is 2. The van der Waals surface area contributed by atoms with Crippen LogP contribution in [0.2, 0.25) is 0 Å². The molecule has 1 amide bonds. The first-order valence-electron chi connectivity index (χ1n) is 8.94. The minimum atomic E-state index is -1.04. The molecule has 148 valence electrons. The van der Waals surface area contributed by atoms with Crippen LogP contribution in [-0.2, 0) is 9.59 Å². The molecule has 0 aliphatic rings. The number of nitrogens with zero attached hydrogens (tertiary/aromatic N) is 1. The summed E-state index contributed by atoms with van der Waals surface area (Å²) in [4.78, 5) is 22.7. The fourth-order valence-corrected chi connectivity index (χ4v) is 2.55. The molecule has 0 aliphatic carbocycles. The van der Waals surface area contributed by atoms with Gasteiger partial charge in [0.05, 0.1) is 6.21 Å². The summed E-state index contributed by atoms with van der Waals surface area (Å²) in [5.74, 6) is -0.382. The largest absolute Gasteiger partial charge is 0.482 e. The van der Waals surface area contributed by atoms with E-state index in [2.05, 4.69) is 10.5 Å². The zero-order valence-electron chi connectivity index (χ0n) is 15.7. The number of carbonyl (C=O) groups excluding carboxylic acids is 1. The summed E-state index contributed by atoms with van der Waals surface area (Å²) < 4.78 is 10.7. The molecule has 2 N–H and O–H groups in total. The van der Waals surface area contributed by atoms with Crippen LogP contribution in [0.3, 0.4) is 0 Å². The first-order valence-corrected chi connectivity index (χ1v) is 8.94. The van der Waals surface area contributed by atoms with Crippen LogP contribution in [0.25, 0.3) is 10.8 Å². The highest BCUT2D eigenvalue weighted by Crippen LogP contribution is 2.21. The summed E-state index contributed by atoms with van der Waals surface area (Å²) in [7, 11) is 0. The van der Waals surface area contributed by atoms with Crippen LogP contribution in [0.15, 0.2) is 71.8 Å². The standard InChI is InChI=1S/C22H20N2O5/c1-15(29-20-11-8-17-4-2-3-5-18(17)12-20)22(27)24-23-13-16-6-9-19(10-7-16)28-14-21(25)26/h2-13,15H,14H2,1H3,(H,24,27)(H,25,26)/b23-13+. The van der Waals surface area contributed by atoms with E-state index in [4.69, 9.17) is 14.6 Å². The molecule has 0 aliphatic heterocycles. The Balaban J connectivity index is 1.51. The van der Waals surface area contributed by atoms with Crippen molar-refractivity contribution in [3.8, 4) is 11.5 Å². The molecule has 0 heterocycles. The summed E-state index contributed by atoms with van der Waals surface area (Å²) in [5.41, 5.74) is 3.16. The Morgan fingerprint density at radius 1 is 1.03 bits per heavy atom. The van der Waals surface area contributed by atoms with Gasteiger partial charge < -0.3 is 14.6 Å². The number of carbonyl (C=O) groups is 2. The lowest BCUT2D eigenvalue weighted by Gasteiger charge is -2.13. The summed E-state index contributed by atoms with van der Waals surface area (Å²) in [6.07, 6.45) is 0.752. The van der Waals surface area contributed by atoms with E-state index in [0.29, 0.717) is 11.5 Å². The van der Waals surface area contributed by atoms with Gasteiger partial charge in [-0.05, 0) is 59.7 Å². The zero-order valence-corrected chi connectivity index (χ0v) is 15.7. The summed E-state index contributed by atoms with van der Waals surface area (Å²) in [5, 5.41) is 14.6. The number of hydrazone groups is 1. The van der Waals surface area contributed by atoms with Crippen LogP contribution in [0.4, 0.5) is 0 Å². The minimum absolute atomic E-state index is 0.379. The van der Waals surface area contributed by atoms with Crippen molar-refractivity contribution in [2.45, 2.75) is 13.0 Å². The minimum Gasteiger partial charge on any atom is -0.482 e. The second-order valence-electron chi connectivity index (χ2n) is 6.25. The zero-order chi connectivity index (χ0) is 20.6. The quantitative estimate of drug-likeness (QED) is 0.453. The maximum absolute atomic E-state index is 12.2. The van der Waals surface area contributed by atoms with Crippen LogP contribution < -0.4 is 14.9 Å². The van der Waals surface area contributed by atoms with Gasteiger partial charge >= 0.3 is 5.97 Å². The van der Waals surface area contributed by atoms with E-state index < -0.39 is 18.7 Å². The van der Waals surface area contributed by atoms with Crippen LogP contribution in [-0.4, -0.2) is 35.9 Å². The third kappa shape index (κ3) is 5.80. The van der Waals surface area contributed by atoms with Crippen molar-refractivity contribution < 1.29 is 24.2 Å². The Morgan fingerprint density at radius 2 is 1.72 bits per heavy atom. The van der Waals surface area contributed by atoms with Gasteiger partial charge in [-0.3, -0.25) is 4.79 Å². The average molecular weight is 392 g/mol. The van der Waals surface area contributed by atoms with E-state index in [-0.39, 0.29) is 5.91 Å². The number of rotatable bonds is 8. The summed E-state index contributed by atoms with van der Waals surface area (Å²) in [6, 6.07) is 20.2. The Hall–Kier alpha value is -3.87. The SMILES string of the molecule is CC(Oc1ccc2ccccc2c1)C(=O)N/N=C/c1ccc(OCC(=O)O)cc1. The van der Waals surface area contributed by atoms with Gasteiger partial charge in [0.15, 0.2) is 12.7 Å². The van der Waals surface area contributed by atoms with Crippen LogP contribution in [0.1, 0.15) is 12.5 Å². The van der Waals surface area contributed by atoms with E-state index >= 15 is 0 Å². The molecule has 29 heavy (non-hydrogen) atoms. The molecular formula is C22H20N2O5. The Kier molecular flexibility index (Phi) is 6.42. The van der Waals surface area contributed by atoms with Gasteiger partial charge in [0.2, 0.25) is 0 Å². The van der Waals surface area contributed by atoms with Crippen molar-refractivity contribution in [1.29, 1.82) is 0 Å². The molecule has 3 rings (SSSR count). The maximum atomic E-state index is 12.2. The molecule has 3 aromatic rings. The number of hydrogen-bond donors (Lipinski definition) is 2. The molecule has 0 aromatic heterocycles. The normalized spacial score (nSPS) is 11.9. The number of fused-ring (bicyclic) bond motifs is 1. The molecule has 0 saturated carbocycles. The lowest BCUT2D eigenvalue weighted by molar-refractivity contribution is -0.139. The molecule has 0 spiro atoms. The van der Waals surface area contributed by atoms with E-state index in [1.165, 1.54) is 6.21 Å². The highest BCUT2D eigenvalue weighted by molar-refractivity contribution is 5.85. The molecule has 0 radical (unpaired) electrons. The van der Waals surface area contributed by atoms with E-state index in [0.717, 1.165) is 16.3 Å². The second-order valence-corrected chi connectivity index (χ2v) is 6.25. The molecule has 0 bridgehead atoms. The smallest absolute Gasteiger partial charge is 0.341 e. The third-order valence-corrected chi connectivity index (χ3v) is 4.03. The maximum Gasteiger partial charge on any atom is 0.341 e. The Labute approximate surface area is 167 Å². The summed E-state index contributed by atoms with van der Waals surface area (Å²) in [6.45, 7) is 1.24. The monoisotopic (exact) mass is 392 g/mol. The van der Waals surface area contributed by atoms with Crippen molar-refractivity contribution in [3.05, 3.63) is 72.3 Å². The predicted octanol–water partition coefficient (Wildman–Crippen LogP) is 3.22. The van der Waals surface area contributed by atoms with Crippen LogP contribution >= 0.6 is 0 Å². The van der Waals surface area contributed by atoms with Gasteiger partial charge in [-0.25, -0.2) is 10.2 Å². The lowest BCUT2D eigenvalue weighted by Crippen LogP contribution is -2.33. The van der Waals surface area contributed by atoms with Gasteiger partial charge in [0.25, 0.3) is 5.91 Å². The van der Waals surface area contributed by atoms with Crippen molar-refractivity contribution in [2.24, 2.45) is 5.10 Å². The Bertz CT molecular complexity index is 1030. The van der Waals surface area contributed by atoms with E-state index in [1.807, 2.05) is 42.5 Å².